The molecule has 0 saturated heterocycles. The van der Waals surface area contributed by atoms with Crippen LogP contribution in [0.4, 0.5) is 5.69 Å². The summed E-state index contributed by atoms with van der Waals surface area (Å²) >= 11 is 3.45. The SMILES string of the molecule is N#CC1=C(N)Oc2ccc([N+](=O)[O-])cc2C1c1c[nH]c2ccc(Br)cc12. The van der Waals surface area contributed by atoms with E-state index in [1.54, 1.807) is 6.20 Å². The zero-order valence-electron chi connectivity index (χ0n) is 13.2. The number of H-pyrrole nitrogens is 1. The number of nitro benzene ring substituents is 1. The minimum absolute atomic E-state index is 0.00296. The largest absolute Gasteiger partial charge is 0.440 e. The summed E-state index contributed by atoms with van der Waals surface area (Å²) < 4.78 is 6.41. The number of nitrogens with zero attached hydrogens (tertiary/aromatic N) is 2. The second kappa shape index (κ2) is 5.89. The lowest BCUT2D eigenvalue weighted by molar-refractivity contribution is -0.384. The van der Waals surface area contributed by atoms with Gasteiger partial charge >= 0.3 is 0 Å². The maximum Gasteiger partial charge on any atom is 0.270 e. The molecule has 4 rings (SSSR count). The molecule has 26 heavy (non-hydrogen) atoms. The molecule has 2 aromatic carbocycles. The number of nitriles is 1. The van der Waals surface area contributed by atoms with E-state index < -0.39 is 10.8 Å². The van der Waals surface area contributed by atoms with Crippen molar-refractivity contribution in [3.63, 3.8) is 0 Å². The Bertz CT molecular complexity index is 1140. The number of hydrogen-bond donors (Lipinski definition) is 2. The summed E-state index contributed by atoms with van der Waals surface area (Å²) in [6.45, 7) is 0. The van der Waals surface area contributed by atoms with E-state index in [4.69, 9.17) is 10.5 Å². The molecule has 128 valence electrons. The summed E-state index contributed by atoms with van der Waals surface area (Å²) in [5.41, 5.74) is 8.32. The van der Waals surface area contributed by atoms with Crippen LogP contribution in [0.1, 0.15) is 17.0 Å². The number of nitro groups is 1. The van der Waals surface area contributed by atoms with Crippen molar-refractivity contribution in [1.82, 2.24) is 4.98 Å². The number of allylic oxidation sites excluding steroid dienone is 1. The fourth-order valence-corrected chi connectivity index (χ4v) is 3.60. The predicted molar refractivity (Wildman–Crippen MR) is 98.4 cm³/mol. The van der Waals surface area contributed by atoms with Gasteiger partial charge in [0.2, 0.25) is 5.88 Å². The molecule has 1 aromatic heterocycles. The highest BCUT2D eigenvalue weighted by Gasteiger charge is 2.33. The molecule has 3 aromatic rings. The standard InChI is InChI=1S/C18H11BrN4O3/c19-9-1-3-15-11(5-9)14(8-22-15)17-12-6-10(23(24)25)2-4-16(12)26-18(21)13(17)7-20/h1-6,8,17,22H,21H2. The molecular formula is C18H11BrN4O3. The minimum Gasteiger partial charge on any atom is -0.440 e. The number of non-ortho nitro benzene ring substituents is 1. The summed E-state index contributed by atoms with van der Waals surface area (Å²) in [5.74, 6) is -0.156. The van der Waals surface area contributed by atoms with Crippen molar-refractivity contribution < 1.29 is 9.66 Å². The number of hydrogen-bond acceptors (Lipinski definition) is 5. The van der Waals surface area contributed by atoms with E-state index in [0.29, 0.717) is 11.3 Å². The molecule has 0 radical (unpaired) electrons. The van der Waals surface area contributed by atoms with E-state index in [1.165, 1.54) is 18.2 Å². The fourth-order valence-electron chi connectivity index (χ4n) is 3.24. The van der Waals surface area contributed by atoms with E-state index in [-0.39, 0.29) is 17.1 Å². The molecule has 8 heteroatoms. The van der Waals surface area contributed by atoms with E-state index >= 15 is 0 Å². The van der Waals surface area contributed by atoms with Gasteiger partial charge in [-0.2, -0.15) is 5.26 Å². The third-order valence-electron chi connectivity index (χ3n) is 4.40. The first-order valence-electron chi connectivity index (χ1n) is 7.62. The molecule has 0 spiro atoms. The average molecular weight is 411 g/mol. The topological polar surface area (TPSA) is 118 Å². The summed E-state index contributed by atoms with van der Waals surface area (Å²) in [6.07, 6.45) is 1.79. The van der Waals surface area contributed by atoms with Gasteiger partial charge in [-0.3, -0.25) is 10.1 Å². The Morgan fingerprint density at radius 1 is 1.27 bits per heavy atom. The van der Waals surface area contributed by atoms with Crippen LogP contribution >= 0.6 is 15.9 Å². The molecule has 1 atom stereocenters. The Morgan fingerprint density at radius 2 is 2.08 bits per heavy atom. The van der Waals surface area contributed by atoms with Crippen molar-refractivity contribution >= 4 is 32.5 Å². The molecule has 0 bridgehead atoms. The van der Waals surface area contributed by atoms with E-state index in [9.17, 15) is 15.4 Å². The van der Waals surface area contributed by atoms with Gasteiger partial charge in [0.05, 0.1) is 10.8 Å². The van der Waals surface area contributed by atoms with E-state index in [2.05, 4.69) is 27.0 Å². The van der Waals surface area contributed by atoms with Gasteiger partial charge in [-0.1, -0.05) is 15.9 Å². The van der Waals surface area contributed by atoms with Gasteiger partial charge in [0.25, 0.3) is 5.69 Å². The number of rotatable bonds is 2. The number of halogens is 1. The van der Waals surface area contributed by atoms with E-state index in [1.807, 2.05) is 18.2 Å². The first-order chi connectivity index (χ1) is 12.5. The van der Waals surface area contributed by atoms with Crippen molar-refractivity contribution in [2.75, 3.05) is 0 Å². The van der Waals surface area contributed by atoms with Crippen LogP contribution in [-0.4, -0.2) is 9.91 Å². The lowest BCUT2D eigenvalue weighted by Crippen LogP contribution is -2.21. The summed E-state index contributed by atoms with van der Waals surface area (Å²) in [6, 6.07) is 12.1. The minimum atomic E-state index is -0.563. The maximum absolute atomic E-state index is 11.2. The van der Waals surface area contributed by atoms with Crippen LogP contribution in [0.2, 0.25) is 0 Å². The first kappa shape index (κ1) is 16.2. The smallest absolute Gasteiger partial charge is 0.270 e. The van der Waals surface area contributed by atoms with Crippen LogP contribution < -0.4 is 10.5 Å². The fraction of sp³-hybridized carbons (Fsp3) is 0.0556. The van der Waals surface area contributed by atoms with Crippen LogP contribution in [0.25, 0.3) is 10.9 Å². The third kappa shape index (κ3) is 2.41. The second-order valence-corrected chi connectivity index (χ2v) is 6.75. The van der Waals surface area contributed by atoms with Gasteiger partial charge in [0, 0.05) is 39.3 Å². The Morgan fingerprint density at radius 3 is 2.81 bits per heavy atom. The number of benzene rings is 2. The molecule has 1 aliphatic heterocycles. The third-order valence-corrected chi connectivity index (χ3v) is 4.89. The molecule has 0 aliphatic carbocycles. The Labute approximate surface area is 156 Å². The van der Waals surface area contributed by atoms with Crippen molar-refractivity contribution in [3.05, 3.63) is 79.8 Å². The zero-order chi connectivity index (χ0) is 18.4. The van der Waals surface area contributed by atoms with Crippen molar-refractivity contribution in [3.8, 4) is 11.8 Å². The van der Waals surface area contributed by atoms with E-state index in [0.717, 1.165) is 20.9 Å². The normalized spacial score (nSPS) is 16.1. The number of ether oxygens (including phenoxy) is 1. The van der Waals surface area contributed by atoms with Gasteiger partial charge in [0.15, 0.2) is 0 Å². The summed E-state index contributed by atoms with van der Waals surface area (Å²) in [4.78, 5) is 13.9. The number of aromatic nitrogens is 1. The molecule has 0 amide bonds. The summed E-state index contributed by atoms with van der Waals surface area (Å²) in [5, 5.41) is 21.7. The van der Waals surface area contributed by atoms with Crippen LogP contribution in [0.5, 0.6) is 5.75 Å². The number of fused-ring (bicyclic) bond motifs is 2. The predicted octanol–water partition coefficient (Wildman–Crippen LogP) is 4.06. The lowest BCUT2D eigenvalue weighted by atomic mass is 9.83. The zero-order valence-corrected chi connectivity index (χ0v) is 14.8. The number of nitrogens with two attached hydrogens (primary N) is 1. The molecular weight excluding hydrogens is 400 g/mol. The van der Waals surface area contributed by atoms with Crippen LogP contribution in [0.15, 0.2) is 58.5 Å². The van der Waals surface area contributed by atoms with Gasteiger partial charge < -0.3 is 15.5 Å². The highest BCUT2D eigenvalue weighted by atomic mass is 79.9. The van der Waals surface area contributed by atoms with Crippen LogP contribution in [-0.2, 0) is 0 Å². The highest BCUT2D eigenvalue weighted by Crippen LogP contribution is 2.45. The Hall–Kier alpha value is -3.31. The average Bonchev–Trinajstić information content (AvgIpc) is 3.02. The Balaban J connectivity index is 2.01. The molecule has 1 unspecified atom stereocenters. The van der Waals surface area contributed by atoms with Gasteiger partial charge in [-0.05, 0) is 29.8 Å². The lowest BCUT2D eigenvalue weighted by Gasteiger charge is -2.25. The summed E-state index contributed by atoms with van der Waals surface area (Å²) in [7, 11) is 0. The monoisotopic (exact) mass is 410 g/mol. The highest BCUT2D eigenvalue weighted by molar-refractivity contribution is 9.10. The molecule has 3 N–H and O–H groups in total. The molecule has 2 heterocycles. The number of nitrogens with one attached hydrogen (secondary N) is 1. The van der Waals surface area contributed by atoms with Crippen molar-refractivity contribution in [2.24, 2.45) is 5.73 Å². The molecule has 0 fully saturated rings. The van der Waals surface area contributed by atoms with Crippen molar-refractivity contribution in [2.45, 2.75) is 5.92 Å². The number of aromatic amines is 1. The maximum atomic E-state index is 11.2. The van der Waals surface area contributed by atoms with Gasteiger partial charge in [-0.25, -0.2) is 0 Å². The second-order valence-electron chi connectivity index (χ2n) is 5.84. The first-order valence-corrected chi connectivity index (χ1v) is 8.41. The molecule has 0 saturated carbocycles. The quantitative estimate of drug-likeness (QED) is 0.487. The van der Waals surface area contributed by atoms with Gasteiger partial charge in [-0.15, -0.1) is 0 Å². The van der Waals surface area contributed by atoms with Crippen molar-refractivity contribution in [1.29, 1.82) is 5.26 Å². The van der Waals surface area contributed by atoms with Crippen LogP contribution in [0, 0.1) is 21.4 Å². The Kier molecular flexibility index (Phi) is 3.67. The van der Waals surface area contributed by atoms with Crippen LogP contribution in [0.3, 0.4) is 0 Å². The molecule has 7 nitrogen and oxygen atoms in total. The van der Waals surface area contributed by atoms with Gasteiger partial charge in [0.1, 0.15) is 17.4 Å². The molecule has 1 aliphatic rings.